The Hall–Kier alpha value is -2.34. The van der Waals surface area contributed by atoms with Crippen LogP contribution in [0.25, 0.3) is 20.9 Å². The number of rotatable bonds is 10. The zero-order valence-corrected chi connectivity index (χ0v) is 11.9. The minimum absolute atomic E-state index is 0.384. The highest BCUT2D eigenvalue weighted by Crippen LogP contribution is 2.15. The van der Waals surface area contributed by atoms with E-state index in [2.05, 4.69) is 20.1 Å². The summed E-state index contributed by atoms with van der Waals surface area (Å²) in [5, 5.41) is 7.02. The lowest BCUT2D eigenvalue weighted by Crippen LogP contribution is -2.32. The van der Waals surface area contributed by atoms with Crippen LogP contribution in [0.4, 0.5) is 0 Å². The molecule has 0 atom stereocenters. The molecule has 9 heteroatoms. The third-order valence-electron chi connectivity index (χ3n) is 3.00. The van der Waals surface area contributed by atoms with Crippen molar-refractivity contribution in [2.24, 2.45) is 16.0 Å². The van der Waals surface area contributed by atoms with Gasteiger partial charge in [-0.15, -0.1) is 0 Å². The quantitative estimate of drug-likeness (QED) is 0.376. The van der Waals surface area contributed by atoms with E-state index < -0.39 is 0 Å². The Morgan fingerprint density at radius 2 is 1.76 bits per heavy atom. The Labute approximate surface area is 123 Å². The van der Waals surface area contributed by atoms with Crippen LogP contribution in [0, 0.1) is 0 Å². The molecule has 21 heavy (non-hydrogen) atoms. The third-order valence-corrected chi connectivity index (χ3v) is 3.00. The number of ether oxygens (including phenoxy) is 1. The molecule has 1 aliphatic carbocycles. The van der Waals surface area contributed by atoms with E-state index in [0.29, 0.717) is 39.3 Å². The van der Waals surface area contributed by atoms with Crippen molar-refractivity contribution in [3.63, 3.8) is 0 Å². The van der Waals surface area contributed by atoms with Gasteiger partial charge in [0.15, 0.2) is 0 Å². The number of nitrogens with zero attached hydrogens (tertiary/aromatic N) is 7. The molecule has 0 bridgehead atoms. The van der Waals surface area contributed by atoms with Gasteiger partial charge >= 0.3 is 0 Å². The average molecular weight is 292 g/mol. The van der Waals surface area contributed by atoms with E-state index in [4.69, 9.17) is 21.5 Å². The number of hydrogen-bond acceptors (Lipinski definition) is 5. The maximum atomic E-state index is 8.29. The molecule has 0 saturated carbocycles. The first kappa shape index (κ1) is 16.7. The van der Waals surface area contributed by atoms with Crippen molar-refractivity contribution >= 4 is 0 Å². The molecule has 114 valence electrons. The minimum Gasteiger partial charge on any atom is -0.497 e. The van der Waals surface area contributed by atoms with Crippen molar-refractivity contribution in [1.82, 2.24) is 4.90 Å². The first-order valence-corrected chi connectivity index (χ1v) is 6.78. The summed E-state index contributed by atoms with van der Waals surface area (Å²) in [7, 11) is 0. The SMILES string of the molecule is [N-]=[N+]=NCCN(CCN=[N+]=[N-])CCOC1=CC=C(N)CC1. The summed E-state index contributed by atoms with van der Waals surface area (Å²) in [6.45, 7) is 3.20. The van der Waals surface area contributed by atoms with Gasteiger partial charge in [-0.2, -0.15) is 0 Å². The zero-order valence-electron chi connectivity index (χ0n) is 11.9. The smallest absolute Gasteiger partial charge is 0.100 e. The fourth-order valence-corrected chi connectivity index (χ4v) is 1.86. The van der Waals surface area contributed by atoms with Crippen LogP contribution in [-0.4, -0.2) is 44.2 Å². The first-order valence-electron chi connectivity index (χ1n) is 6.78. The molecule has 0 aromatic carbocycles. The maximum Gasteiger partial charge on any atom is 0.100 e. The minimum atomic E-state index is 0.384. The second kappa shape index (κ2) is 10.4. The van der Waals surface area contributed by atoms with E-state index in [1.807, 2.05) is 17.1 Å². The monoisotopic (exact) mass is 292 g/mol. The summed E-state index contributed by atoms with van der Waals surface area (Å²) in [4.78, 5) is 7.48. The van der Waals surface area contributed by atoms with Crippen LogP contribution in [0.15, 0.2) is 33.8 Å². The second-order valence-electron chi connectivity index (χ2n) is 4.47. The zero-order chi connectivity index (χ0) is 15.3. The summed E-state index contributed by atoms with van der Waals surface area (Å²) in [5.41, 5.74) is 23.1. The van der Waals surface area contributed by atoms with Gasteiger partial charge in [-0.3, -0.25) is 4.90 Å². The number of allylic oxidation sites excluding steroid dienone is 4. The van der Waals surface area contributed by atoms with Gasteiger partial charge in [0.2, 0.25) is 0 Å². The van der Waals surface area contributed by atoms with Gasteiger partial charge < -0.3 is 10.5 Å². The molecule has 0 fully saturated rings. The van der Waals surface area contributed by atoms with E-state index in [1.54, 1.807) is 0 Å². The Balaban J connectivity index is 2.33. The van der Waals surface area contributed by atoms with Crippen LogP contribution in [0.2, 0.25) is 0 Å². The second-order valence-corrected chi connectivity index (χ2v) is 4.47. The molecule has 2 N–H and O–H groups in total. The van der Waals surface area contributed by atoms with E-state index >= 15 is 0 Å². The highest BCUT2D eigenvalue weighted by molar-refractivity contribution is 5.18. The highest BCUT2D eigenvalue weighted by atomic mass is 16.5. The van der Waals surface area contributed by atoms with Gasteiger partial charge in [0.05, 0.1) is 5.76 Å². The van der Waals surface area contributed by atoms with Crippen LogP contribution in [0.5, 0.6) is 0 Å². The first-order chi connectivity index (χ1) is 10.3. The normalized spacial score (nSPS) is 13.8. The molecule has 0 aromatic heterocycles. The van der Waals surface area contributed by atoms with Crippen molar-refractivity contribution in [3.8, 4) is 0 Å². The standard InChI is InChI=1S/C12H20N8O/c13-11-1-3-12(4-2-11)21-10-9-20(7-5-16-18-14)8-6-17-19-15/h1,3H,2,4-10,13H2. The average Bonchev–Trinajstić information content (AvgIpc) is 2.49. The van der Waals surface area contributed by atoms with Crippen LogP contribution in [0.3, 0.4) is 0 Å². The van der Waals surface area contributed by atoms with E-state index in [0.717, 1.165) is 24.3 Å². The molecule has 0 aliphatic heterocycles. The molecule has 9 nitrogen and oxygen atoms in total. The van der Waals surface area contributed by atoms with Crippen molar-refractivity contribution < 1.29 is 4.74 Å². The van der Waals surface area contributed by atoms with Crippen molar-refractivity contribution in [1.29, 1.82) is 0 Å². The summed E-state index contributed by atoms with van der Waals surface area (Å²) >= 11 is 0. The van der Waals surface area contributed by atoms with E-state index in [9.17, 15) is 0 Å². The predicted molar refractivity (Wildman–Crippen MR) is 80.0 cm³/mol. The third kappa shape index (κ3) is 7.74. The van der Waals surface area contributed by atoms with Crippen LogP contribution in [-0.2, 0) is 4.74 Å². The Morgan fingerprint density at radius 3 is 2.29 bits per heavy atom. The molecular weight excluding hydrogens is 272 g/mol. The van der Waals surface area contributed by atoms with E-state index in [1.165, 1.54) is 0 Å². The van der Waals surface area contributed by atoms with E-state index in [-0.39, 0.29) is 0 Å². The molecule has 1 rings (SSSR count). The lowest BCUT2D eigenvalue weighted by atomic mass is 10.1. The summed E-state index contributed by atoms with van der Waals surface area (Å²) in [6, 6.07) is 0. The fourth-order valence-electron chi connectivity index (χ4n) is 1.86. The number of nitrogens with two attached hydrogens (primary N) is 1. The summed E-state index contributed by atoms with van der Waals surface area (Å²) in [6.07, 6.45) is 5.39. The molecular formula is C12H20N8O. The lowest BCUT2D eigenvalue weighted by Gasteiger charge is -2.21. The summed E-state index contributed by atoms with van der Waals surface area (Å²) in [5.74, 6) is 0.925. The fraction of sp³-hybridized carbons (Fsp3) is 0.667. The summed E-state index contributed by atoms with van der Waals surface area (Å²) < 4.78 is 5.69. The van der Waals surface area contributed by atoms with Crippen molar-refractivity contribution in [3.05, 3.63) is 44.5 Å². The Morgan fingerprint density at radius 1 is 1.10 bits per heavy atom. The molecule has 0 unspecified atom stereocenters. The molecule has 0 spiro atoms. The topological polar surface area (TPSA) is 136 Å². The molecule has 0 heterocycles. The van der Waals surface area contributed by atoms with Crippen molar-refractivity contribution in [2.75, 3.05) is 39.3 Å². The predicted octanol–water partition coefficient (Wildman–Crippen LogP) is 2.45. The molecule has 0 radical (unpaired) electrons. The van der Waals surface area contributed by atoms with Gasteiger partial charge in [0.25, 0.3) is 0 Å². The molecule has 0 aromatic rings. The Kier molecular flexibility index (Phi) is 8.32. The van der Waals surface area contributed by atoms with Crippen molar-refractivity contribution in [2.45, 2.75) is 12.8 Å². The van der Waals surface area contributed by atoms with Gasteiger partial charge in [0, 0.05) is 54.7 Å². The lowest BCUT2D eigenvalue weighted by molar-refractivity contribution is 0.154. The maximum absolute atomic E-state index is 8.29. The van der Waals surface area contributed by atoms with Gasteiger partial charge in [-0.05, 0) is 29.6 Å². The van der Waals surface area contributed by atoms with Gasteiger partial charge in [-0.1, -0.05) is 10.2 Å². The van der Waals surface area contributed by atoms with Crippen LogP contribution < -0.4 is 5.73 Å². The number of azide groups is 2. The molecule has 1 aliphatic rings. The van der Waals surface area contributed by atoms with Crippen LogP contribution in [0.1, 0.15) is 12.8 Å². The Bertz CT molecular complexity index is 452. The number of hydrogen-bond donors (Lipinski definition) is 1. The largest absolute Gasteiger partial charge is 0.497 e. The molecule has 0 saturated heterocycles. The molecule has 0 amide bonds. The van der Waals surface area contributed by atoms with Gasteiger partial charge in [0.1, 0.15) is 6.61 Å². The van der Waals surface area contributed by atoms with Crippen LogP contribution >= 0.6 is 0 Å². The van der Waals surface area contributed by atoms with Gasteiger partial charge in [-0.25, -0.2) is 0 Å². The highest BCUT2D eigenvalue weighted by Gasteiger charge is 2.07.